The lowest BCUT2D eigenvalue weighted by molar-refractivity contribution is 0.917. The van der Waals surface area contributed by atoms with Crippen LogP contribution >= 0.6 is 0 Å². The molecule has 0 saturated heterocycles. The predicted octanol–water partition coefficient (Wildman–Crippen LogP) is 4.14. The topological polar surface area (TPSA) is 78.8 Å². The number of rotatable bonds is 4. The largest absolute Gasteiger partial charge is 0.342 e. The number of nitrogens with one attached hydrogen (secondary N) is 2. The van der Waals surface area contributed by atoms with Gasteiger partial charge in [0.25, 0.3) is 5.56 Å². The second-order valence-electron chi connectivity index (χ2n) is 7.94. The quantitative estimate of drug-likeness (QED) is 0.461. The average molecular weight is 407 g/mol. The van der Waals surface area contributed by atoms with Crippen LogP contribution in [0.25, 0.3) is 28.2 Å². The molecule has 6 nitrogen and oxygen atoms in total. The number of hydrogen-bond donors (Lipinski definition) is 2. The summed E-state index contributed by atoms with van der Waals surface area (Å²) in [7, 11) is 0. The first kappa shape index (κ1) is 17.9. The molecule has 0 fully saturated rings. The van der Waals surface area contributed by atoms with E-state index in [2.05, 4.69) is 57.2 Å². The van der Waals surface area contributed by atoms with Crippen LogP contribution in [0.2, 0.25) is 0 Å². The fourth-order valence-corrected chi connectivity index (χ4v) is 4.65. The lowest BCUT2D eigenvalue weighted by atomic mass is 10.00. The van der Waals surface area contributed by atoms with E-state index >= 15 is 0 Å². The van der Waals surface area contributed by atoms with Gasteiger partial charge < -0.3 is 9.97 Å². The van der Waals surface area contributed by atoms with E-state index in [-0.39, 0.29) is 5.56 Å². The second kappa shape index (κ2) is 6.80. The molecule has 3 heterocycles. The van der Waals surface area contributed by atoms with E-state index in [4.69, 9.17) is 0 Å². The highest BCUT2D eigenvalue weighted by molar-refractivity contribution is 5.75. The summed E-state index contributed by atoms with van der Waals surface area (Å²) in [5.41, 5.74) is 9.11. The van der Waals surface area contributed by atoms with Crippen molar-refractivity contribution in [1.29, 1.82) is 0 Å². The molecule has 1 aliphatic carbocycles. The van der Waals surface area contributed by atoms with Crippen molar-refractivity contribution < 1.29 is 0 Å². The Bertz CT molecular complexity index is 1490. The van der Waals surface area contributed by atoms with Crippen molar-refractivity contribution in [2.45, 2.75) is 26.2 Å². The molecule has 6 rings (SSSR count). The van der Waals surface area contributed by atoms with Gasteiger partial charge in [-0.15, -0.1) is 0 Å². The van der Waals surface area contributed by atoms with Crippen molar-refractivity contribution in [1.82, 2.24) is 24.3 Å². The van der Waals surface area contributed by atoms with E-state index in [1.807, 2.05) is 35.0 Å². The number of aromatic nitrogens is 5. The number of fused-ring (bicyclic) bond motifs is 5. The summed E-state index contributed by atoms with van der Waals surface area (Å²) in [4.78, 5) is 28.1. The smallest absolute Gasteiger partial charge is 0.292 e. The average Bonchev–Trinajstić information content (AvgIpc) is 3.52. The third-order valence-electron chi connectivity index (χ3n) is 6.15. The highest BCUT2D eigenvalue weighted by Gasteiger charge is 2.26. The predicted molar refractivity (Wildman–Crippen MR) is 120 cm³/mol. The molecule has 31 heavy (non-hydrogen) atoms. The monoisotopic (exact) mass is 407 g/mol. The highest BCUT2D eigenvalue weighted by atomic mass is 16.1. The lowest BCUT2D eigenvalue weighted by Crippen LogP contribution is -2.14. The zero-order valence-corrected chi connectivity index (χ0v) is 17.1. The fourth-order valence-electron chi connectivity index (χ4n) is 4.65. The van der Waals surface area contributed by atoms with Crippen molar-refractivity contribution >= 4 is 5.65 Å². The maximum absolute atomic E-state index is 12.6. The number of benzene rings is 2. The molecule has 2 aromatic carbocycles. The maximum Gasteiger partial charge on any atom is 0.292 e. The number of nitrogens with zero attached hydrogens (tertiary/aromatic N) is 3. The van der Waals surface area contributed by atoms with E-state index < -0.39 is 0 Å². The van der Waals surface area contributed by atoms with Gasteiger partial charge in [-0.05, 0) is 23.1 Å². The van der Waals surface area contributed by atoms with Crippen LogP contribution in [0, 0.1) is 0 Å². The molecule has 152 valence electrons. The summed E-state index contributed by atoms with van der Waals surface area (Å²) in [6.45, 7) is 2.09. The molecule has 0 amide bonds. The molecular weight excluding hydrogens is 386 g/mol. The first-order valence-corrected chi connectivity index (χ1v) is 10.5. The minimum atomic E-state index is -0.143. The Labute approximate surface area is 178 Å². The number of H-pyrrole nitrogens is 2. The summed E-state index contributed by atoms with van der Waals surface area (Å²) >= 11 is 0. The number of aryl methyl sites for hydroxylation is 1. The summed E-state index contributed by atoms with van der Waals surface area (Å²) in [6.07, 6.45) is 6.01. The third-order valence-corrected chi connectivity index (χ3v) is 6.15. The van der Waals surface area contributed by atoms with Crippen LogP contribution in [0.4, 0.5) is 0 Å². The Morgan fingerprint density at radius 3 is 2.71 bits per heavy atom. The van der Waals surface area contributed by atoms with Crippen LogP contribution < -0.4 is 5.56 Å². The first-order valence-electron chi connectivity index (χ1n) is 10.5. The zero-order chi connectivity index (χ0) is 20.9. The Morgan fingerprint density at radius 1 is 1.00 bits per heavy atom. The molecule has 0 bridgehead atoms. The molecule has 6 heteroatoms. The van der Waals surface area contributed by atoms with Gasteiger partial charge in [0.1, 0.15) is 5.82 Å². The zero-order valence-electron chi connectivity index (χ0n) is 17.1. The Kier molecular flexibility index (Phi) is 3.93. The highest BCUT2D eigenvalue weighted by Crippen LogP contribution is 2.37. The summed E-state index contributed by atoms with van der Waals surface area (Å²) in [5.74, 6) is 0.929. The van der Waals surface area contributed by atoms with Crippen LogP contribution in [0.1, 0.15) is 35.3 Å². The van der Waals surface area contributed by atoms with Gasteiger partial charge >= 0.3 is 0 Å². The minimum Gasteiger partial charge on any atom is -0.342 e. The van der Waals surface area contributed by atoms with Crippen LogP contribution in [0.5, 0.6) is 0 Å². The molecule has 0 aliphatic heterocycles. The van der Waals surface area contributed by atoms with Crippen LogP contribution in [0.3, 0.4) is 0 Å². The standard InChI is InChI=1S/C25H21N5O/c1-2-17-13-27-24-25(31)29-23-18-10-6-9-16(19(18)12-21(23)30(17)24)11-22-26-14-20(28-22)15-7-4-3-5-8-15/h3-10,13-14H,2,11-12H2,1H3,(H,26,28)(H,29,31). The van der Waals surface area contributed by atoms with E-state index in [1.165, 1.54) is 11.1 Å². The Balaban J connectivity index is 1.41. The van der Waals surface area contributed by atoms with Crippen molar-refractivity contribution in [3.8, 4) is 22.5 Å². The van der Waals surface area contributed by atoms with Gasteiger partial charge in [-0.1, -0.05) is 55.5 Å². The third kappa shape index (κ3) is 2.75. The van der Waals surface area contributed by atoms with Crippen molar-refractivity contribution in [3.63, 3.8) is 0 Å². The maximum atomic E-state index is 12.6. The SMILES string of the molecule is CCc1cnc2c(=O)[nH]c3c(n12)Cc1c(Cc2ncc(-c4ccccc4)[nH]2)cccc1-3. The number of imidazole rings is 2. The summed E-state index contributed by atoms with van der Waals surface area (Å²) < 4.78 is 2.04. The summed E-state index contributed by atoms with van der Waals surface area (Å²) in [5, 5.41) is 0. The first-order chi connectivity index (χ1) is 15.2. The van der Waals surface area contributed by atoms with Gasteiger partial charge in [0.2, 0.25) is 5.65 Å². The van der Waals surface area contributed by atoms with Crippen molar-refractivity contribution in [3.05, 3.63) is 99.6 Å². The fraction of sp³-hybridized carbons (Fsp3) is 0.160. The molecule has 0 radical (unpaired) electrons. The van der Waals surface area contributed by atoms with E-state index in [9.17, 15) is 4.79 Å². The van der Waals surface area contributed by atoms with Gasteiger partial charge in [0.15, 0.2) is 0 Å². The number of aromatic amines is 2. The lowest BCUT2D eigenvalue weighted by Gasteiger charge is -2.07. The van der Waals surface area contributed by atoms with Crippen molar-refractivity contribution in [2.24, 2.45) is 0 Å². The van der Waals surface area contributed by atoms with Crippen molar-refractivity contribution in [2.75, 3.05) is 0 Å². The Hall–Kier alpha value is -3.93. The van der Waals surface area contributed by atoms with E-state index in [0.717, 1.165) is 52.6 Å². The van der Waals surface area contributed by atoms with E-state index in [1.54, 1.807) is 0 Å². The van der Waals surface area contributed by atoms with Gasteiger partial charge in [0, 0.05) is 30.3 Å². The molecule has 0 unspecified atom stereocenters. The van der Waals surface area contributed by atoms with Gasteiger partial charge in [-0.2, -0.15) is 0 Å². The van der Waals surface area contributed by atoms with Gasteiger partial charge in [0.05, 0.1) is 23.3 Å². The minimum absolute atomic E-state index is 0.143. The summed E-state index contributed by atoms with van der Waals surface area (Å²) in [6, 6.07) is 16.5. The molecule has 0 atom stereocenters. The molecule has 2 N–H and O–H groups in total. The Morgan fingerprint density at radius 2 is 1.87 bits per heavy atom. The van der Waals surface area contributed by atoms with Crippen LogP contribution in [0.15, 0.2) is 65.7 Å². The normalized spacial score (nSPS) is 12.3. The molecular formula is C25H21N5O. The number of hydrogen-bond acceptors (Lipinski definition) is 3. The molecule has 0 saturated carbocycles. The molecule has 5 aromatic rings. The molecule has 1 aliphatic rings. The van der Waals surface area contributed by atoms with Gasteiger partial charge in [-0.25, -0.2) is 9.97 Å². The van der Waals surface area contributed by atoms with Crippen LogP contribution in [-0.4, -0.2) is 24.3 Å². The molecule has 0 spiro atoms. The molecule has 3 aromatic heterocycles. The van der Waals surface area contributed by atoms with E-state index in [0.29, 0.717) is 12.1 Å². The van der Waals surface area contributed by atoms with Crippen LogP contribution in [-0.2, 0) is 19.3 Å². The van der Waals surface area contributed by atoms with Gasteiger partial charge in [-0.3, -0.25) is 9.20 Å². The second-order valence-corrected chi connectivity index (χ2v) is 7.94.